The van der Waals surface area contributed by atoms with Crippen LogP contribution in [0.1, 0.15) is 58.8 Å². The summed E-state index contributed by atoms with van der Waals surface area (Å²) in [7, 11) is 0. The molecule has 0 aliphatic carbocycles. The van der Waals surface area contributed by atoms with Crippen LogP contribution in [-0.2, 0) is 14.3 Å². The Kier molecular flexibility index (Phi) is 10.4. The molecule has 2 unspecified atom stereocenters. The number of carbonyl (C=O) groups excluding carboxylic acids is 1. The van der Waals surface area contributed by atoms with Crippen molar-refractivity contribution in [3.8, 4) is 0 Å². The van der Waals surface area contributed by atoms with Crippen molar-refractivity contribution in [1.82, 2.24) is 5.32 Å². The van der Waals surface area contributed by atoms with Crippen LogP contribution in [0.4, 0.5) is 0 Å². The van der Waals surface area contributed by atoms with Crippen LogP contribution in [0.15, 0.2) is 0 Å². The van der Waals surface area contributed by atoms with E-state index in [0.29, 0.717) is 6.42 Å². The molecule has 1 rings (SSSR count). The quantitative estimate of drug-likeness (QED) is 0.193. The summed E-state index contributed by atoms with van der Waals surface area (Å²) in [4.78, 5) is 23.5. The second-order valence-electron chi connectivity index (χ2n) is 7.73. The first-order valence-corrected chi connectivity index (χ1v) is 10.1. The maximum atomic E-state index is 12.1. The monoisotopic (exact) mass is 421 g/mol. The first kappa shape index (κ1) is 25.7. The van der Waals surface area contributed by atoms with Gasteiger partial charge >= 0.3 is 5.97 Å². The van der Waals surface area contributed by atoms with Gasteiger partial charge in [0.15, 0.2) is 5.60 Å². The number of amides is 1. The average molecular weight is 421 g/mol. The van der Waals surface area contributed by atoms with Gasteiger partial charge in [-0.1, -0.05) is 39.0 Å². The van der Waals surface area contributed by atoms with Crippen molar-refractivity contribution in [3.05, 3.63) is 0 Å². The third kappa shape index (κ3) is 6.59. The third-order valence-electron chi connectivity index (χ3n) is 5.40. The summed E-state index contributed by atoms with van der Waals surface area (Å²) in [6.45, 7) is 2.38. The van der Waals surface area contributed by atoms with Crippen molar-refractivity contribution >= 4 is 11.9 Å². The third-order valence-corrected chi connectivity index (χ3v) is 5.40. The number of hydrogen-bond donors (Lipinski definition) is 7. The van der Waals surface area contributed by atoms with Gasteiger partial charge in [0, 0.05) is 13.3 Å². The smallest absolute Gasteiger partial charge is 0.338 e. The van der Waals surface area contributed by atoms with Gasteiger partial charge in [0.1, 0.15) is 18.3 Å². The SMILES string of the molecule is CCCCCCCC(O)[C@]1(C(=O)O)C[C@H](O)[C@@H](NC(C)=O)[C@H](C(O)[C@H](O)CO)O1. The molecule has 0 aromatic carbocycles. The number of nitrogens with one attached hydrogen (secondary N) is 1. The maximum Gasteiger partial charge on any atom is 0.338 e. The second-order valence-corrected chi connectivity index (χ2v) is 7.73. The highest BCUT2D eigenvalue weighted by Crippen LogP contribution is 2.36. The highest BCUT2D eigenvalue weighted by molar-refractivity contribution is 5.79. The van der Waals surface area contributed by atoms with Crippen LogP contribution in [0.25, 0.3) is 0 Å². The number of carboxylic acids is 1. The average Bonchev–Trinajstić information content (AvgIpc) is 2.67. The van der Waals surface area contributed by atoms with E-state index in [1.807, 2.05) is 0 Å². The van der Waals surface area contributed by atoms with E-state index in [4.69, 9.17) is 9.84 Å². The minimum Gasteiger partial charge on any atom is -0.479 e. The van der Waals surface area contributed by atoms with E-state index in [9.17, 15) is 35.1 Å². The fraction of sp³-hybridized carbons (Fsp3) is 0.895. The van der Waals surface area contributed by atoms with E-state index in [1.54, 1.807) is 0 Å². The number of ether oxygens (including phenoxy) is 1. The molecule has 1 aliphatic heterocycles. The summed E-state index contributed by atoms with van der Waals surface area (Å²) in [6, 6.07) is -1.23. The summed E-state index contributed by atoms with van der Waals surface area (Å²) >= 11 is 0. The standard InChI is InChI=1S/C19H35NO9/c1-3-4-5-6-7-8-14(25)19(18(27)28)9-12(23)15(20-11(2)22)17(29-19)16(26)13(24)10-21/h12-17,21,23-26H,3-10H2,1-2H3,(H,20,22)(H,27,28)/t12-,13+,14?,15+,16?,17+,19-/m0/s1. The van der Waals surface area contributed by atoms with Crippen LogP contribution in [0, 0.1) is 0 Å². The molecule has 0 radical (unpaired) electrons. The molecule has 29 heavy (non-hydrogen) atoms. The highest BCUT2D eigenvalue weighted by atomic mass is 16.6. The van der Waals surface area contributed by atoms with Crippen LogP contribution in [0.3, 0.4) is 0 Å². The van der Waals surface area contributed by atoms with Crippen LogP contribution >= 0.6 is 0 Å². The Morgan fingerprint density at radius 1 is 1.17 bits per heavy atom. The fourth-order valence-corrected chi connectivity index (χ4v) is 3.71. The molecule has 0 bridgehead atoms. The predicted molar refractivity (Wildman–Crippen MR) is 102 cm³/mol. The normalized spacial score (nSPS) is 30.4. The number of aliphatic carboxylic acids is 1. The lowest BCUT2D eigenvalue weighted by Gasteiger charge is -2.48. The molecule has 0 saturated carbocycles. The van der Waals surface area contributed by atoms with Crippen molar-refractivity contribution in [2.45, 2.75) is 101 Å². The van der Waals surface area contributed by atoms with E-state index >= 15 is 0 Å². The number of hydrogen-bond acceptors (Lipinski definition) is 8. The first-order valence-electron chi connectivity index (χ1n) is 10.1. The molecule has 0 aromatic heterocycles. The van der Waals surface area contributed by atoms with Gasteiger partial charge < -0.3 is 40.7 Å². The Balaban J connectivity index is 3.08. The van der Waals surface area contributed by atoms with E-state index in [0.717, 1.165) is 25.7 Å². The molecule has 1 heterocycles. The lowest BCUT2D eigenvalue weighted by atomic mass is 9.79. The van der Waals surface area contributed by atoms with Gasteiger partial charge in [0.05, 0.1) is 24.9 Å². The summed E-state index contributed by atoms with van der Waals surface area (Å²) in [5, 5.41) is 62.6. The summed E-state index contributed by atoms with van der Waals surface area (Å²) in [6.07, 6.45) is -4.04. The molecule has 1 amide bonds. The van der Waals surface area contributed by atoms with Gasteiger partial charge in [-0.25, -0.2) is 4.79 Å². The van der Waals surface area contributed by atoms with Gasteiger partial charge in [-0.3, -0.25) is 4.79 Å². The first-order chi connectivity index (χ1) is 13.6. The zero-order valence-electron chi connectivity index (χ0n) is 17.0. The molecule has 7 atom stereocenters. The predicted octanol–water partition coefficient (Wildman–Crippen LogP) is -1.10. The Labute approximate surface area is 170 Å². The Morgan fingerprint density at radius 3 is 2.31 bits per heavy atom. The zero-order chi connectivity index (χ0) is 22.2. The number of aliphatic hydroxyl groups is 5. The molecule has 10 nitrogen and oxygen atoms in total. The number of carbonyl (C=O) groups is 2. The lowest BCUT2D eigenvalue weighted by Crippen LogP contribution is -2.69. The Bertz CT molecular complexity index is 532. The molecule has 1 saturated heterocycles. The largest absolute Gasteiger partial charge is 0.479 e. The lowest BCUT2D eigenvalue weighted by molar-refractivity contribution is -0.252. The van der Waals surface area contributed by atoms with Gasteiger partial charge in [0.2, 0.25) is 5.91 Å². The van der Waals surface area contributed by atoms with Crippen LogP contribution in [0.5, 0.6) is 0 Å². The van der Waals surface area contributed by atoms with Crippen LogP contribution in [0.2, 0.25) is 0 Å². The molecule has 1 aliphatic rings. The van der Waals surface area contributed by atoms with Crippen molar-refractivity contribution in [2.75, 3.05) is 6.61 Å². The summed E-state index contributed by atoms with van der Waals surface area (Å²) in [5.41, 5.74) is -2.22. The molecule has 7 N–H and O–H groups in total. The van der Waals surface area contributed by atoms with E-state index in [-0.39, 0.29) is 6.42 Å². The van der Waals surface area contributed by atoms with Crippen molar-refractivity contribution in [1.29, 1.82) is 0 Å². The fourth-order valence-electron chi connectivity index (χ4n) is 3.71. The van der Waals surface area contributed by atoms with Crippen molar-refractivity contribution < 1.29 is 45.0 Å². The Morgan fingerprint density at radius 2 is 1.79 bits per heavy atom. The zero-order valence-corrected chi connectivity index (χ0v) is 17.0. The van der Waals surface area contributed by atoms with E-state index in [2.05, 4.69) is 12.2 Å². The van der Waals surface area contributed by atoms with Gasteiger partial charge in [-0.15, -0.1) is 0 Å². The molecule has 0 aromatic rings. The number of unbranched alkanes of at least 4 members (excludes halogenated alkanes) is 4. The van der Waals surface area contributed by atoms with E-state index in [1.165, 1.54) is 6.92 Å². The van der Waals surface area contributed by atoms with Crippen molar-refractivity contribution in [2.24, 2.45) is 0 Å². The summed E-state index contributed by atoms with van der Waals surface area (Å²) < 4.78 is 5.60. The topological polar surface area (TPSA) is 177 Å². The second kappa shape index (κ2) is 11.8. The molecule has 170 valence electrons. The molecule has 1 fully saturated rings. The van der Waals surface area contributed by atoms with Crippen molar-refractivity contribution in [3.63, 3.8) is 0 Å². The molecular weight excluding hydrogens is 386 g/mol. The van der Waals surface area contributed by atoms with Gasteiger partial charge in [-0.2, -0.15) is 0 Å². The molecule has 0 spiro atoms. The minimum atomic E-state index is -2.22. The maximum absolute atomic E-state index is 12.1. The number of aliphatic hydroxyl groups excluding tert-OH is 5. The minimum absolute atomic E-state index is 0.110. The van der Waals surface area contributed by atoms with Gasteiger partial charge in [-0.05, 0) is 6.42 Å². The number of carboxylic acid groups (broad SMARTS) is 1. The number of rotatable bonds is 12. The Hall–Kier alpha value is -1.30. The van der Waals surface area contributed by atoms with Gasteiger partial charge in [0.25, 0.3) is 0 Å². The summed E-state index contributed by atoms with van der Waals surface area (Å²) in [5.74, 6) is -2.08. The van der Waals surface area contributed by atoms with Crippen LogP contribution < -0.4 is 5.32 Å². The highest BCUT2D eigenvalue weighted by Gasteiger charge is 2.57. The van der Waals surface area contributed by atoms with E-state index < -0.39 is 67.1 Å². The molecule has 10 heteroatoms. The van der Waals surface area contributed by atoms with Crippen LogP contribution in [-0.4, -0.2) is 91.3 Å². The molecular formula is C19H35NO9.